The highest BCUT2D eigenvalue weighted by Crippen LogP contribution is 2.34. The molecule has 3 unspecified atom stereocenters. The molecule has 2 heterocycles. The molecule has 3 N–H and O–H groups in total. The largest absolute Gasteiger partial charge is 0.347 e. The van der Waals surface area contributed by atoms with Gasteiger partial charge in [-0.25, -0.2) is 4.98 Å². The second kappa shape index (κ2) is 7.03. The SMILES string of the molecule is Cc1cccc2c1N(Cc1cnc[nH]1)C(=O)C(C1CCCC(N)C1)N=C2. The Morgan fingerprint density at radius 2 is 2.23 bits per heavy atom. The molecule has 26 heavy (non-hydrogen) atoms. The van der Waals surface area contributed by atoms with Crippen molar-refractivity contribution in [3.8, 4) is 0 Å². The fourth-order valence-electron chi connectivity index (χ4n) is 4.22. The number of amides is 1. The molecule has 2 aliphatic rings. The summed E-state index contributed by atoms with van der Waals surface area (Å²) in [5.41, 5.74) is 10.1. The number of aromatic nitrogens is 2. The van der Waals surface area contributed by atoms with Crippen molar-refractivity contribution in [1.82, 2.24) is 9.97 Å². The Bertz CT molecular complexity index is 814. The number of carbonyl (C=O) groups is 1. The zero-order valence-electron chi connectivity index (χ0n) is 15.1. The second-order valence-corrected chi connectivity index (χ2v) is 7.42. The number of nitrogens with zero attached hydrogens (tertiary/aromatic N) is 3. The number of para-hydroxylation sites is 1. The van der Waals surface area contributed by atoms with Crippen molar-refractivity contribution in [2.45, 2.75) is 51.2 Å². The third-order valence-electron chi connectivity index (χ3n) is 5.52. The van der Waals surface area contributed by atoms with Crippen LogP contribution >= 0.6 is 0 Å². The molecular formula is C20H25N5O. The van der Waals surface area contributed by atoms with Crippen LogP contribution in [0.5, 0.6) is 0 Å². The van der Waals surface area contributed by atoms with Crippen LogP contribution in [-0.4, -0.2) is 34.2 Å². The molecule has 1 aromatic heterocycles. The van der Waals surface area contributed by atoms with Crippen LogP contribution in [0.3, 0.4) is 0 Å². The lowest BCUT2D eigenvalue weighted by Crippen LogP contribution is -2.44. The normalized spacial score (nSPS) is 25.8. The Kier molecular flexibility index (Phi) is 4.59. The van der Waals surface area contributed by atoms with Gasteiger partial charge < -0.3 is 15.6 Å². The summed E-state index contributed by atoms with van der Waals surface area (Å²) in [4.78, 5) is 27.3. The molecule has 1 aliphatic carbocycles. The lowest BCUT2D eigenvalue weighted by Gasteiger charge is -2.33. The molecule has 3 atom stereocenters. The quantitative estimate of drug-likeness (QED) is 0.891. The number of imidazole rings is 1. The average Bonchev–Trinajstić information content (AvgIpc) is 3.09. The molecule has 4 rings (SSSR count). The third kappa shape index (κ3) is 3.17. The highest BCUT2D eigenvalue weighted by molar-refractivity contribution is 6.06. The van der Waals surface area contributed by atoms with Gasteiger partial charge >= 0.3 is 0 Å². The first-order valence-corrected chi connectivity index (χ1v) is 9.30. The number of benzodiazepines with no additional fused rings is 1. The van der Waals surface area contributed by atoms with Crippen molar-refractivity contribution in [2.24, 2.45) is 16.6 Å². The highest BCUT2D eigenvalue weighted by Gasteiger charge is 2.37. The first-order chi connectivity index (χ1) is 12.6. The van der Waals surface area contributed by atoms with Gasteiger partial charge in [0.2, 0.25) is 0 Å². The predicted molar refractivity (Wildman–Crippen MR) is 102 cm³/mol. The van der Waals surface area contributed by atoms with E-state index in [1.54, 1.807) is 12.5 Å². The van der Waals surface area contributed by atoms with Crippen molar-refractivity contribution >= 4 is 17.8 Å². The van der Waals surface area contributed by atoms with Crippen LogP contribution in [0.15, 0.2) is 35.7 Å². The van der Waals surface area contributed by atoms with Gasteiger partial charge in [-0.3, -0.25) is 9.79 Å². The monoisotopic (exact) mass is 351 g/mol. The molecule has 1 aliphatic heterocycles. The van der Waals surface area contributed by atoms with Crippen LogP contribution < -0.4 is 10.6 Å². The summed E-state index contributed by atoms with van der Waals surface area (Å²) in [5.74, 6) is 0.268. The van der Waals surface area contributed by atoms with Gasteiger partial charge in [-0.2, -0.15) is 0 Å². The van der Waals surface area contributed by atoms with E-state index in [-0.39, 0.29) is 23.9 Å². The zero-order valence-corrected chi connectivity index (χ0v) is 15.1. The van der Waals surface area contributed by atoms with E-state index in [0.717, 1.165) is 48.2 Å². The Balaban J connectivity index is 1.73. The molecule has 6 nitrogen and oxygen atoms in total. The number of hydrogen-bond donors (Lipinski definition) is 2. The number of carbonyl (C=O) groups excluding carboxylic acids is 1. The smallest absolute Gasteiger partial charge is 0.252 e. The number of aryl methyl sites for hydroxylation is 1. The van der Waals surface area contributed by atoms with Gasteiger partial charge in [0.15, 0.2) is 0 Å². The van der Waals surface area contributed by atoms with Gasteiger partial charge in [0.05, 0.1) is 24.3 Å². The molecule has 0 saturated heterocycles. The average molecular weight is 351 g/mol. The zero-order chi connectivity index (χ0) is 18.1. The van der Waals surface area contributed by atoms with E-state index >= 15 is 0 Å². The fraction of sp³-hybridized carbons (Fsp3) is 0.450. The van der Waals surface area contributed by atoms with Gasteiger partial charge in [-0.1, -0.05) is 24.6 Å². The number of anilines is 1. The minimum atomic E-state index is -0.365. The van der Waals surface area contributed by atoms with Crippen LogP contribution in [0.1, 0.15) is 42.5 Å². The maximum Gasteiger partial charge on any atom is 0.252 e. The van der Waals surface area contributed by atoms with Gasteiger partial charge in [0, 0.05) is 24.0 Å². The lowest BCUT2D eigenvalue weighted by atomic mass is 9.81. The summed E-state index contributed by atoms with van der Waals surface area (Å²) >= 11 is 0. The fourth-order valence-corrected chi connectivity index (χ4v) is 4.22. The van der Waals surface area contributed by atoms with Gasteiger partial charge in [0.25, 0.3) is 5.91 Å². The van der Waals surface area contributed by atoms with Gasteiger partial charge in [0.1, 0.15) is 6.04 Å². The van der Waals surface area contributed by atoms with E-state index in [1.165, 1.54) is 0 Å². The summed E-state index contributed by atoms with van der Waals surface area (Å²) in [7, 11) is 0. The molecule has 0 radical (unpaired) electrons. The van der Waals surface area contributed by atoms with E-state index in [0.29, 0.717) is 6.54 Å². The Morgan fingerprint density at radius 1 is 1.35 bits per heavy atom. The number of aliphatic imine (C=N–C) groups is 1. The van der Waals surface area contributed by atoms with Crippen LogP contribution in [0, 0.1) is 12.8 Å². The van der Waals surface area contributed by atoms with Crippen LogP contribution in [0.25, 0.3) is 0 Å². The summed E-state index contributed by atoms with van der Waals surface area (Å²) < 4.78 is 0. The highest BCUT2D eigenvalue weighted by atomic mass is 16.2. The number of benzene rings is 1. The molecule has 0 spiro atoms. The number of H-pyrrole nitrogens is 1. The molecule has 0 bridgehead atoms. The number of rotatable bonds is 3. The van der Waals surface area contributed by atoms with E-state index in [9.17, 15) is 4.79 Å². The minimum Gasteiger partial charge on any atom is -0.347 e. The van der Waals surface area contributed by atoms with Crippen LogP contribution in [0.2, 0.25) is 0 Å². The number of nitrogens with two attached hydrogens (primary N) is 1. The van der Waals surface area contributed by atoms with Crippen molar-refractivity contribution in [1.29, 1.82) is 0 Å². The molecule has 2 aromatic rings. The Hall–Kier alpha value is -2.47. The van der Waals surface area contributed by atoms with Gasteiger partial charge in [-0.15, -0.1) is 0 Å². The van der Waals surface area contributed by atoms with Crippen LogP contribution in [-0.2, 0) is 11.3 Å². The minimum absolute atomic E-state index is 0.0583. The molecule has 1 aromatic carbocycles. The van der Waals surface area contributed by atoms with Crippen LogP contribution in [0.4, 0.5) is 5.69 Å². The lowest BCUT2D eigenvalue weighted by molar-refractivity contribution is -0.121. The summed E-state index contributed by atoms with van der Waals surface area (Å²) in [5, 5.41) is 0. The summed E-state index contributed by atoms with van der Waals surface area (Å²) in [6.45, 7) is 2.51. The number of hydrogen-bond acceptors (Lipinski definition) is 4. The van der Waals surface area contributed by atoms with E-state index in [2.05, 4.69) is 9.97 Å². The summed E-state index contributed by atoms with van der Waals surface area (Å²) in [6.07, 6.45) is 9.26. The van der Waals surface area contributed by atoms with Gasteiger partial charge in [-0.05, 0) is 37.7 Å². The van der Waals surface area contributed by atoms with E-state index in [4.69, 9.17) is 10.7 Å². The second-order valence-electron chi connectivity index (χ2n) is 7.42. The molecule has 136 valence electrons. The topological polar surface area (TPSA) is 87.4 Å². The standard InChI is InChI=1S/C20H25N5O/c1-13-4-2-6-15-9-23-18(14-5-3-7-16(21)8-14)20(26)25(19(13)15)11-17-10-22-12-24-17/h2,4,6,9-10,12,14,16,18H,3,5,7-8,11,21H2,1H3,(H,22,24). The molecule has 1 saturated carbocycles. The molecular weight excluding hydrogens is 326 g/mol. The molecule has 6 heteroatoms. The maximum absolute atomic E-state index is 13.5. The number of aromatic amines is 1. The van der Waals surface area contributed by atoms with Crippen molar-refractivity contribution < 1.29 is 4.79 Å². The molecule has 1 amide bonds. The summed E-state index contributed by atoms with van der Waals surface area (Å²) in [6, 6.07) is 5.88. The van der Waals surface area contributed by atoms with E-state index in [1.807, 2.05) is 36.2 Å². The number of nitrogens with one attached hydrogen (secondary N) is 1. The number of fused-ring (bicyclic) bond motifs is 1. The first kappa shape index (κ1) is 17.0. The van der Waals surface area contributed by atoms with E-state index < -0.39 is 0 Å². The van der Waals surface area contributed by atoms with Crippen molar-refractivity contribution in [3.05, 3.63) is 47.5 Å². The van der Waals surface area contributed by atoms with Crippen molar-refractivity contribution in [3.63, 3.8) is 0 Å². The maximum atomic E-state index is 13.5. The Labute approximate surface area is 153 Å². The molecule has 1 fully saturated rings. The van der Waals surface area contributed by atoms with Crippen molar-refractivity contribution in [2.75, 3.05) is 4.90 Å². The Morgan fingerprint density at radius 3 is 3.00 bits per heavy atom. The first-order valence-electron chi connectivity index (χ1n) is 9.30. The predicted octanol–water partition coefficient (Wildman–Crippen LogP) is 2.57. The third-order valence-corrected chi connectivity index (χ3v) is 5.52.